The largest absolute Gasteiger partial charge is 0.464 e. The third kappa shape index (κ3) is 6.69. The minimum Gasteiger partial charge on any atom is -0.464 e. The smallest absolute Gasteiger partial charge is 0.335 e. The summed E-state index contributed by atoms with van der Waals surface area (Å²) >= 11 is 0. The van der Waals surface area contributed by atoms with Gasteiger partial charge in [0.15, 0.2) is 6.10 Å². The lowest BCUT2D eigenvalue weighted by molar-refractivity contribution is -0.156. The molecule has 0 aliphatic carbocycles. The molecule has 0 saturated heterocycles. The molecular weight excluding hydrogens is 368 g/mol. The van der Waals surface area contributed by atoms with Crippen molar-refractivity contribution in [2.45, 2.75) is 26.4 Å². The lowest BCUT2D eigenvalue weighted by Gasteiger charge is -2.15. The van der Waals surface area contributed by atoms with Crippen LogP contribution in [0.5, 0.6) is 5.75 Å². The van der Waals surface area contributed by atoms with Gasteiger partial charge in [0.25, 0.3) is 0 Å². The minimum atomic E-state index is -3.54. The van der Waals surface area contributed by atoms with E-state index >= 15 is 0 Å². The highest BCUT2D eigenvalue weighted by Crippen LogP contribution is 2.24. The summed E-state index contributed by atoms with van der Waals surface area (Å²) in [5.41, 5.74) is 2.85. The minimum absolute atomic E-state index is 0.270. The molecule has 0 fully saturated rings. The summed E-state index contributed by atoms with van der Waals surface area (Å²) in [6.45, 7) is 4.36. The summed E-state index contributed by atoms with van der Waals surface area (Å²) in [5, 5.41) is 0. The van der Waals surface area contributed by atoms with Crippen molar-refractivity contribution in [1.29, 1.82) is 0 Å². The van der Waals surface area contributed by atoms with Gasteiger partial charge in [-0.15, -0.1) is 0 Å². The Balaban J connectivity index is 2.08. The molecule has 0 bridgehead atoms. The van der Waals surface area contributed by atoms with Crippen molar-refractivity contribution >= 4 is 16.1 Å². The van der Waals surface area contributed by atoms with Crippen LogP contribution in [0.4, 0.5) is 0 Å². The van der Waals surface area contributed by atoms with Crippen molar-refractivity contribution < 1.29 is 26.9 Å². The number of rotatable bonds is 9. The van der Waals surface area contributed by atoms with Crippen LogP contribution in [0.15, 0.2) is 48.5 Å². The molecule has 1 atom stereocenters. The van der Waals surface area contributed by atoms with Gasteiger partial charge in [-0.2, -0.15) is 8.42 Å². The topological polar surface area (TPSA) is 78.9 Å². The number of hydrogen-bond donors (Lipinski definition) is 0. The second-order valence-electron chi connectivity index (χ2n) is 5.91. The maximum absolute atomic E-state index is 12.0. The lowest BCUT2D eigenvalue weighted by Crippen LogP contribution is -2.28. The van der Waals surface area contributed by atoms with Crippen LogP contribution in [-0.4, -0.2) is 40.0 Å². The number of benzene rings is 2. The van der Waals surface area contributed by atoms with Gasteiger partial charge in [0.05, 0.1) is 12.9 Å². The van der Waals surface area contributed by atoms with E-state index in [-0.39, 0.29) is 11.7 Å². The van der Waals surface area contributed by atoms with Gasteiger partial charge in [0, 0.05) is 13.0 Å². The molecule has 0 aliphatic rings. The van der Waals surface area contributed by atoms with Gasteiger partial charge in [-0.1, -0.05) is 36.4 Å². The second kappa shape index (κ2) is 9.53. The molecule has 2 aromatic rings. The van der Waals surface area contributed by atoms with Crippen LogP contribution in [0.1, 0.15) is 19.4 Å². The summed E-state index contributed by atoms with van der Waals surface area (Å²) in [5.74, 6) is -0.0863. The fraction of sp³-hybridized carbons (Fsp3) is 0.350. The van der Waals surface area contributed by atoms with E-state index in [2.05, 4.69) is 0 Å². The van der Waals surface area contributed by atoms with E-state index in [0.29, 0.717) is 19.6 Å². The first-order chi connectivity index (χ1) is 12.8. The van der Waals surface area contributed by atoms with E-state index in [9.17, 15) is 13.2 Å². The van der Waals surface area contributed by atoms with E-state index < -0.39 is 16.2 Å². The average Bonchev–Trinajstić information content (AvgIpc) is 2.61. The Hall–Kier alpha value is -2.38. The van der Waals surface area contributed by atoms with Crippen molar-refractivity contribution in [3.8, 4) is 16.9 Å². The zero-order valence-corrected chi connectivity index (χ0v) is 16.5. The fourth-order valence-electron chi connectivity index (χ4n) is 2.57. The number of hydrogen-bond acceptors (Lipinski definition) is 6. The first-order valence-electron chi connectivity index (χ1n) is 8.69. The number of carbonyl (C=O) groups is 1. The van der Waals surface area contributed by atoms with Crippen LogP contribution in [0.3, 0.4) is 0 Å². The zero-order valence-electron chi connectivity index (χ0n) is 15.7. The van der Waals surface area contributed by atoms with Gasteiger partial charge in [0.2, 0.25) is 0 Å². The van der Waals surface area contributed by atoms with Crippen LogP contribution < -0.4 is 4.18 Å². The van der Waals surface area contributed by atoms with Crippen LogP contribution in [-0.2, 0) is 30.8 Å². The predicted molar refractivity (Wildman–Crippen MR) is 103 cm³/mol. The summed E-state index contributed by atoms with van der Waals surface area (Å²) in [4.78, 5) is 12.0. The average molecular weight is 392 g/mol. The highest BCUT2D eigenvalue weighted by Gasteiger charge is 2.20. The third-order valence-corrected chi connectivity index (χ3v) is 4.22. The Morgan fingerprint density at radius 3 is 1.96 bits per heavy atom. The molecule has 0 saturated carbocycles. The van der Waals surface area contributed by atoms with Crippen molar-refractivity contribution in [2.24, 2.45) is 0 Å². The summed E-state index contributed by atoms with van der Waals surface area (Å²) in [6, 6.07) is 14.5. The first kappa shape index (κ1) is 20.9. The molecule has 0 radical (unpaired) electrons. The Morgan fingerprint density at radius 2 is 1.48 bits per heavy atom. The van der Waals surface area contributed by atoms with Gasteiger partial charge >= 0.3 is 16.1 Å². The molecule has 27 heavy (non-hydrogen) atoms. The van der Waals surface area contributed by atoms with Crippen molar-refractivity contribution in [2.75, 3.05) is 19.5 Å². The Morgan fingerprint density at radius 1 is 0.926 bits per heavy atom. The first-order valence-corrected chi connectivity index (χ1v) is 10.5. The zero-order chi connectivity index (χ0) is 19.9. The normalized spacial score (nSPS) is 12.4. The van der Waals surface area contributed by atoms with Crippen LogP contribution in [0.25, 0.3) is 11.1 Å². The monoisotopic (exact) mass is 392 g/mol. The third-order valence-electron chi connectivity index (χ3n) is 3.73. The molecular formula is C20H24O6S. The Labute approximate surface area is 160 Å². The second-order valence-corrected chi connectivity index (χ2v) is 7.48. The molecule has 1 unspecified atom stereocenters. The van der Waals surface area contributed by atoms with Crippen LogP contribution in [0, 0.1) is 0 Å². The van der Waals surface area contributed by atoms with E-state index in [1.54, 1.807) is 31.2 Å². The van der Waals surface area contributed by atoms with Crippen molar-refractivity contribution in [1.82, 2.24) is 0 Å². The SMILES string of the molecule is CCOC(=O)C(Cc1ccc(-c2ccc(OS(C)(=O)=O)cc2)cc1)OCC. The molecule has 0 spiro atoms. The highest BCUT2D eigenvalue weighted by molar-refractivity contribution is 7.86. The van der Waals surface area contributed by atoms with Gasteiger partial charge < -0.3 is 13.7 Å². The molecule has 2 rings (SSSR count). The Kier molecular flexibility index (Phi) is 7.38. The molecule has 0 amide bonds. The number of ether oxygens (including phenoxy) is 2. The highest BCUT2D eigenvalue weighted by atomic mass is 32.2. The molecule has 146 valence electrons. The quantitative estimate of drug-likeness (QED) is 0.482. The van der Waals surface area contributed by atoms with Crippen molar-refractivity contribution in [3.05, 3.63) is 54.1 Å². The molecule has 0 aromatic heterocycles. The van der Waals surface area contributed by atoms with E-state index in [4.69, 9.17) is 13.7 Å². The lowest BCUT2D eigenvalue weighted by atomic mass is 10.0. The molecule has 7 heteroatoms. The molecule has 6 nitrogen and oxygen atoms in total. The fourth-order valence-corrected chi connectivity index (χ4v) is 3.03. The van der Waals surface area contributed by atoms with Gasteiger partial charge in [0.1, 0.15) is 5.75 Å². The number of carbonyl (C=O) groups excluding carboxylic acids is 1. The summed E-state index contributed by atoms with van der Waals surface area (Å²) in [6.07, 6.45) is 0.827. The molecule has 2 aromatic carbocycles. The maximum atomic E-state index is 12.0. The van der Waals surface area contributed by atoms with Gasteiger partial charge in [-0.25, -0.2) is 4.79 Å². The van der Waals surface area contributed by atoms with Crippen molar-refractivity contribution in [3.63, 3.8) is 0 Å². The summed E-state index contributed by atoms with van der Waals surface area (Å²) in [7, 11) is -3.54. The van der Waals surface area contributed by atoms with Crippen LogP contribution in [0.2, 0.25) is 0 Å². The standard InChI is InChI=1S/C20H24O6S/c1-4-24-19(20(21)25-5-2)14-15-6-8-16(9-7-15)17-10-12-18(13-11-17)26-27(3,22)23/h6-13,19H,4-5,14H2,1-3H3. The summed E-state index contributed by atoms with van der Waals surface area (Å²) < 4.78 is 37.7. The van der Waals surface area contributed by atoms with E-state index in [1.165, 1.54) is 0 Å². The van der Waals surface area contributed by atoms with E-state index in [0.717, 1.165) is 22.9 Å². The molecule has 0 heterocycles. The van der Waals surface area contributed by atoms with Gasteiger partial charge in [-0.3, -0.25) is 0 Å². The predicted octanol–water partition coefficient (Wildman–Crippen LogP) is 3.20. The van der Waals surface area contributed by atoms with E-state index in [1.807, 2.05) is 31.2 Å². The van der Waals surface area contributed by atoms with Crippen LogP contribution >= 0.6 is 0 Å². The number of esters is 1. The van der Waals surface area contributed by atoms with Gasteiger partial charge in [-0.05, 0) is 42.7 Å². The maximum Gasteiger partial charge on any atom is 0.335 e. The Bertz CT molecular complexity index is 841. The molecule has 0 N–H and O–H groups in total. The molecule has 0 aliphatic heterocycles.